The second-order valence-corrected chi connectivity index (χ2v) is 8.96. The number of unbranched alkanes of at least 4 members (excludes halogenated alkanes) is 3. The number of methoxy groups -OCH3 is 1. The molecule has 2 aromatic heterocycles. The third-order valence-electron chi connectivity index (χ3n) is 6.29. The van der Waals surface area contributed by atoms with Crippen LogP contribution in [0.1, 0.15) is 67.1 Å². The summed E-state index contributed by atoms with van der Waals surface area (Å²) in [5.41, 5.74) is 4.25. The number of ketones is 1. The number of hydrogen-bond donors (Lipinski definition) is 2. The van der Waals surface area contributed by atoms with Crippen LogP contribution in [-0.4, -0.2) is 28.8 Å². The molecule has 0 radical (unpaired) electrons. The van der Waals surface area contributed by atoms with Gasteiger partial charge >= 0.3 is 0 Å². The number of benzene rings is 2. The number of rotatable bonds is 12. The van der Waals surface area contributed by atoms with E-state index in [1.165, 1.54) is 19.3 Å². The van der Waals surface area contributed by atoms with Crippen LogP contribution in [0, 0.1) is 0 Å². The molecule has 0 aliphatic heterocycles. The third kappa shape index (κ3) is 6.39. The van der Waals surface area contributed by atoms with Gasteiger partial charge in [-0.05, 0) is 66.9 Å². The summed E-state index contributed by atoms with van der Waals surface area (Å²) < 4.78 is 5.14. The fourth-order valence-corrected chi connectivity index (χ4v) is 4.18. The van der Waals surface area contributed by atoms with Gasteiger partial charge in [-0.25, -0.2) is 4.98 Å². The maximum atomic E-state index is 12.8. The van der Waals surface area contributed by atoms with Gasteiger partial charge in [-0.3, -0.25) is 9.59 Å². The van der Waals surface area contributed by atoms with Gasteiger partial charge in [0, 0.05) is 41.2 Å². The lowest BCUT2D eigenvalue weighted by atomic mass is 10.0. The molecular formula is C30H33N3O3. The molecular weight excluding hydrogens is 450 g/mol. The summed E-state index contributed by atoms with van der Waals surface area (Å²) in [6, 6.07) is 17.2. The standard InChI is InChI=1S/C30H33N3O3/c1-3-4-5-6-7-8-23-12-15-25-26-19-22(11-16-27(26)33-30(25)32-23)28(34)17-18-29(35)31-20-21-9-13-24(36-2)14-10-21/h7-16,19H,3-6,17-18,20H2,1-2H3,(H,31,35)(H,32,33)/b8-7+. The van der Waals surface area contributed by atoms with Gasteiger partial charge in [-0.1, -0.05) is 38.0 Å². The molecule has 0 fully saturated rings. The fourth-order valence-electron chi connectivity index (χ4n) is 4.18. The van der Waals surface area contributed by atoms with E-state index in [4.69, 9.17) is 9.72 Å². The number of ether oxygens (including phenoxy) is 1. The molecule has 2 N–H and O–H groups in total. The zero-order valence-electron chi connectivity index (χ0n) is 21.0. The van der Waals surface area contributed by atoms with Crippen LogP contribution in [0.25, 0.3) is 28.0 Å². The van der Waals surface area contributed by atoms with Gasteiger partial charge in [0.1, 0.15) is 11.4 Å². The summed E-state index contributed by atoms with van der Waals surface area (Å²) in [4.78, 5) is 33.2. The van der Waals surface area contributed by atoms with Crippen molar-refractivity contribution < 1.29 is 14.3 Å². The maximum absolute atomic E-state index is 12.8. The molecule has 36 heavy (non-hydrogen) atoms. The van der Waals surface area contributed by atoms with Crippen molar-refractivity contribution >= 4 is 39.7 Å². The smallest absolute Gasteiger partial charge is 0.220 e. The fraction of sp³-hybridized carbons (Fsp3) is 0.300. The summed E-state index contributed by atoms with van der Waals surface area (Å²) in [5, 5.41) is 4.82. The van der Waals surface area contributed by atoms with E-state index in [1.807, 2.05) is 54.6 Å². The number of pyridine rings is 1. The van der Waals surface area contributed by atoms with Gasteiger partial charge in [0.15, 0.2) is 5.78 Å². The highest BCUT2D eigenvalue weighted by Gasteiger charge is 2.13. The number of allylic oxidation sites excluding steroid dienone is 1. The van der Waals surface area contributed by atoms with Gasteiger partial charge in [-0.15, -0.1) is 0 Å². The number of aromatic nitrogens is 2. The summed E-state index contributed by atoms with van der Waals surface area (Å²) >= 11 is 0. The Morgan fingerprint density at radius 3 is 2.61 bits per heavy atom. The molecule has 0 unspecified atom stereocenters. The predicted molar refractivity (Wildman–Crippen MR) is 145 cm³/mol. The molecule has 0 saturated carbocycles. The summed E-state index contributed by atoms with van der Waals surface area (Å²) in [7, 11) is 1.62. The Bertz CT molecular complexity index is 1370. The van der Waals surface area contributed by atoms with E-state index in [-0.39, 0.29) is 24.5 Å². The van der Waals surface area contributed by atoms with Gasteiger partial charge in [0.2, 0.25) is 5.91 Å². The Labute approximate surface area is 211 Å². The van der Waals surface area contributed by atoms with Crippen molar-refractivity contribution in [1.82, 2.24) is 15.3 Å². The molecule has 6 nitrogen and oxygen atoms in total. The molecule has 0 aliphatic carbocycles. The van der Waals surface area contributed by atoms with Crippen molar-refractivity contribution in [2.75, 3.05) is 7.11 Å². The average Bonchev–Trinajstić information content (AvgIpc) is 3.27. The van der Waals surface area contributed by atoms with E-state index >= 15 is 0 Å². The predicted octanol–water partition coefficient (Wildman–Crippen LogP) is 6.60. The Kier molecular flexibility index (Phi) is 8.50. The maximum Gasteiger partial charge on any atom is 0.220 e. The van der Waals surface area contributed by atoms with Crippen molar-refractivity contribution in [3.05, 3.63) is 77.5 Å². The van der Waals surface area contributed by atoms with E-state index in [9.17, 15) is 9.59 Å². The van der Waals surface area contributed by atoms with E-state index in [0.717, 1.165) is 45.4 Å². The van der Waals surface area contributed by atoms with Crippen LogP contribution in [0.5, 0.6) is 5.75 Å². The van der Waals surface area contributed by atoms with Crippen LogP contribution in [0.15, 0.2) is 60.7 Å². The SMILES string of the molecule is CCCCC/C=C/c1ccc2c(n1)[nH]c1ccc(C(=O)CCC(=O)NCc3ccc(OC)cc3)cc12. The molecule has 2 aromatic carbocycles. The summed E-state index contributed by atoms with van der Waals surface area (Å²) in [6.07, 6.45) is 9.27. The van der Waals surface area contributed by atoms with Crippen LogP contribution < -0.4 is 10.1 Å². The van der Waals surface area contributed by atoms with Gasteiger partial charge in [0.25, 0.3) is 0 Å². The first kappa shape index (κ1) is 25.2. The Morgan fingerprint density at radius 2 is 1.83 bits per heavy atom. The van der Waals surface area contributed by atoms with Crippen LogP contribution in [0.2, 0.25) is 0 Å². The summed E-state index contributed by atoms with van der Waals surface area (Å²) in [6.45, 7) is 2.62. The lowest BCUT2D eigenvalue weighted by Gasteiger charge is -2.06. The lowest BCUT2D eigenvalue weighted by Crippen LogP contribution is -2.23. The van der Waals surface area contributed by atoms with Crippen molar-refractivity contribution in [2.45, 2.75) is 52.0 Å². The number of Topliss-reactive ketones (excluding diaryl/α,β-unsaturated/α-hetero) is 1. The minimum absolute atomic E-state index is 0.0505. The number of H-pyrrole nitrogens is 1. The molecule has 0 saturated heterocycles. The van der Waals surface area contributed by atoms with Gasteiger partial charge in [0.05, 0.1) is 12.8 Å². The number of nitrogens with zero attached hydrogens (tertiary/aromatic N) is 1. The van der Waals surface area contributed by atoms with Crippen LogP contribution in [-0.2, 0) is 11.3 Å². The first-order chi connectivity index (χ1) is 17.6. The minimum Gasteiger partial charge on any atom is -0.497 e. The summed E-state index contributed by atoms with van der Waals surface area (Å²) in [5.74, 6) is 0.575. The van der Waals surface area contributed by atoms with E-state index in [1.54, 1.807) is 7.11 Å². The highest BCUT2D eigenvalue weighted by atomic mass is 16.5. The highest BCUT2D eigenvalue weighted by molar-refractivity contribution is 6.09. The van der Waals surface area contributed by atoms with Crippen LogP contribution >= 0.6 is 0 Å². The second-order valence-electron chi connectivity index (χ2n) is 8.96. The molecule has 0 spiro atoms. The van der Waals surface area contributed by atoms with Crippen molar-refractivity contribution in [3.8, 4) is 5.75 Å². The largest absolute Gasteiger partial charge is 0.497 e. The molecule has 0 atom stereocenters. The quantitative estimate of drug-likeness (QED) is 0.176. The monoisotopic (exact) mass is 483 g/mol. The van der Waals surface area contributed by atoms with Gasteiger partial charge < -0.3 is 15.0 Å². The van der Waals surface area contributed by atoms with E-state index in [0.29, 0.717) is 12.1 Å². The first-order valence-electron chi connectivity index (χ1n) is 12.6. The second kappa shape index (κ2) is 12.2. The average molecular weight is 484 g/mol. The number of carbonyl (C=O) groups excluding carboxylic acids is 2. The van der Waals surface area contributed by atoms with Crippen molar-refractivity contribution in [2.24, 2.45) is 0 Å². The lowest BCUT2D eigenvalue weighted by molar-refractivity contribution is -0.121. The Hall–Kier alpha value is -3.93. The van der Waals surface area contributed by atoms with Crippen LogP contribution in [0.3, 0.4) is 0 Å². The van der Waals surface area contributed by atoms with Crippen LogP contribution in [0.4, 0.5) is 0 Å². The normalized spacial score (nSPS) is 11.4. The molecule has 2 heterocycles. The minimum atomic E-state index is -0.146. The topological polar surface area (TPSA) is 84.1 Å². The number of hydrogen-bond acceptors (Lipinski definition) is 4. The van der Waals surface area contributed by atoms with E-state index in [2.05, 4.69) is 29.4 Å². The molecule has 186 valence electrons. The van der Waals surface area contributed by atoms with E-state index < -0.39 is 0 Å². The van der Waals surface area contributed by atoms with Gasteiger partial charge in [-0.2, -0.15) is 0 Å². The Morgan fingerprint density at radius 1 is 1.00 bits per heavy atom. The Balaban J connectivity index is 1.36. The van der Waals surface area contributed by atoms with Crippen molar-refractivity contribution in [1.29, 1.82) is 0 Å². The molecule has 4 aromatic rings. The van der Waals surface area contributed by atoms with Crippen molar-refractivity contribution in [3.63, 3.8) is 0 Å². The zero-order chi connectivity index (χ0) is 25.3. The number of amides is 1. The first-order valence-corrected chi connectivity index (χ1v) is 12.6. The molecule has 6 heteroatoms. The molecule has 0 bridgehead atoms. The number of aromatic amines is 1. The molecule has 4 rings (SSSR count). The zero-order valence-corrected chi connectivity index (χ0v) is 21.0. The molecule has 0 aliphatic rings. The number of carbonyl (C=O) groups is 2. The number of nitrogens with one attached hydrogen (secondary N) is 2. The highest BCUT2D eigenvalue weighted by Crippen LogP contribution is 2.26. The number of fused-ring (bicyclic) bond motifs is 3. The third-order valence-corrected chi connectivity index (χ3v) is 6.29. The molecule has 1 amide bonds.